The molecule has 1 amide bonds. The molecule has 1 aliphatic rings. The molecule has 124 valence electrons. The van der Waals surface area contributed by atoms with Gasteiger partial charge in [0.25, 0.3) is 5.69 Å². The molecule has 1 atom stereocenters. The van der Waals surface area contributed by atoms with Crippen LogP contribution in [0.3, 0.4) is 0 Å². The molecule has 6 nitrogen and oxygen atoms in total. The number of nitrogens with zero attached hydrogens (tertiary/aromatic N) is 1. The van der Waals surface area contributed by atoms with Crippen molar-refractivity contribution in [1.29, 1.82) is 0 Å². The number of para-hydroxylation sites is 2. The number of nitrogens with one attached hydrogen (secondary N) is 2. The number of hydrogen-bond acceptors (Lipinski definition) is 4. The molecule has 0 saturated heterocycles. The maximum atomic E-state index is 12.2. The zero-order valence-corrected chi connectivity index (χ0v) is 14.4. The van der Waals surface area contributed by atoms with Crippen molar-refractivity contribution in [3.8, 4) is 0 Å². The van der Waals surface area contributed by atoms with Crippen molar-refractivity contribution in [1.82, 2.24) is 5.32 Å². The second kappa shape index (κ2) is 7.00. The predicted molar refractivity (Wildman–Crippen MR) is 94.9 cm³/mol. The van der Waals surface area contributed by atoms with Crippen LogP contribution in [0.15, 0.2) is 46.9 Å². The summed E-state index contributed by atoms with van der Waals surface area (Å²) in [4.78, 5) is 22.7. The number of rotatable bonds is 5. The smallest absolute Gasteiger partial charge is 0.292 e. The number of nitro benzene ring substituents is 1. The predicted octanol–water partition coefficient (Wildman–Crippen LogP) is 3.57. The number of carbonyl (C=O) groups excluding carboxylic acids is 1. The summed E-state index contributed by atoms with van der Waals surface area (Å²) >= 11 is 3.53. The highest BCUT2D eigenvalue weighted by Gasteiger charge is 2.25. The molecule has 0 radical (unpaired) electrons. The van der Waals surface area contributed by atoms with Gasteiger partial charge in [0.2, 0.25) is 5.91 Å². The van der Waals surface area contributed by atoms with Gasteiger partial charge in [-0.2, -0.15) is 0 Å². The van der Waals surface area contributed by atoms with Gasteiger partial charge >= 0.3 is 0 Å². The molecule has 0 saturated carbocycles. The van der Waals surface area contributed by atoms with Crippen molar-refractivity contribution in [3.05, 3.63) is 68.2 Å². The number of amides is 1. The van der Waals surface area contributed by atoms with E-state index in [0.717, 1.165) is 22.9 Å². The van der Waals surface area contributed by atoms with Crippen LogP contribution < -0.4 is 10.6 Å². The first-order chi connectivity index (χ1) is 11.6. The third-order valence-corrected chi connectivity index (χ3v) is 4.83. The lowest BCUT2D eigenvalue weighted by molar-refractivity contribution is -0.383. The first-order valence-corrected chi connectivity index (χ1v) is 8.39. The number of benzene rings is 2. The van der Waals surface area contributed by atoms with Gasteiger partial charge in [0.05, 0.1) is 17.5 Å². The molecule has 1 aliphatic carbocycles. The molecule has 0 fully saturated rings. The largest absolute Gasteiger partial charge is 0.371 e. The molecule has 0 spiro atoms. The first-order valence-electron chi connectivity index (χ1n) is 7.60. The van der Waals surface area contributed by atoms with Gasteiger partial charge < -0.3 is 10.6 Å². The monoisotopic (exact) mass is 389 g/mol. The minimum Gasteiger partial charge on any atom is -0.371 e. The van der Waals surface area contributed by atoms with Crippen LogP contribution in [0.1, 0.15) is 23.6 Å². The fourth-order valence-electron chi connectivity index (χ4n) is 2.96. The molecule has 0 heterocycles. The van der Waals surface area contributed by atoms with E-state index in [1.807, 2.05) is 18.2 Å². The third-order valence-electron chi connectivity index (χ3n) is 4.09. The molecular weight excluding hydrogens is 374 g/mol. The molecule has 1 unspecified atom stereocenters. The number of halogens is 1. The van der Waals surface area contributed by atoms with Gasteiger partial charge in [-0.3, -0.25) is 14.9 Å². The molecule has 2 aromatic carbocycles. The minimum absolute atomic E-state index is 0.00924. The fourth-order valence-corrected chi connectivity index (χ4v) is 3.54. The summed E-state index contributed by atoms with van der Waals surface area (Å²) in [6, 6.07) is 12.2. The summed E-state index contributed by atoms with van der Waals surface area (Å²) < 4.78 is 1.06. The van der Waals surface area contributed by atoms with Gasteiger partial charge in [-0.05, 0) is 36.1 Å². The number of fused-ring (bicyclic) bond motifs is 1. The topological polar surface area (TPSA) is 84.3 Å². The fraction of sp³-hybridized carbons (Fsp3) is 0.235. The molecule has 24 heavy (non-hydrogen) atoms. The van der Waals surface area contributed by atoms with Crippen molar-refractivity contribution >= 4 is 33.2 Å². The lowest BCUT2D eigenvalue weighted by Crippen LogP contribution is -2.32. The maximum absolute atomic E-state index is 12.2. The maximum Gasteiger partial charge on any atom is 0.292 e. The molecule has 2 N–H and O–H groups in total. The summed E-state index contributed by atoms with van der Waals surface area (Å²) in [5.74, 6) is -0.189. The van der Waals surface area contributed by atoms with Crippen LogP contribution in [0, 0.1) is 10.1 Å². The number of nitro groups is 1. The van der Waals surface area contributed by atoms with Crippen LogP contribution in [0.4, 0.5) is 11.4 Å². The van der Waals surface area contributed by atoms with Gasteiger partial charge in [0.15, 0.2) is 0 Å². The quantitative estimate of drug-likeness (QED) is 0.604. The van der Waals surface area contributed by atoms with Crippen LogP contribution in [0.25, 0.3) is 0 Å². The molecular formula is C17H16BrN3O3. The standard InChI is InChI=1S/C17H16BrN3O3/c18-13-5-3-4-12-11(13)8-9-14(12)20-17(22)10-19-15-6-1-2-7-16(15)21(23)24/h1-7,14,19H,8-10H2,(H,20,22). The average molecular weight is 390 g/mol. The van der Waals surface area contributed by atoms with Crippen LogP contribution >= 0.6 is 15.9 Å². The van der Waals surface area contributed by atoms with Gasteiger partial charge in [-0.15, -0.1) is 0 Å². The van der Waals surface area contributed by atoms with E-state index in [0.29, 0.717) is 5.69 Å². The zero-order valence-electron chi connectivity index (χ0n) is 12.8. The van der Waals surface area contributed by atoms with Gasteiger partial charge in [0.1, 0.15) is 5.69 Å². The van der Waals surface area contributed by atoms with Crippen molar-refractivity contribution in [2.75, 3.05) is 11.9 Å². The summed E-state index contributed by atoms with van der Waals surface area (Å²) in [7, 11) is 0. The van der Waals surface area contributed by atoms with Gasteiger partial charge in [-0.1, -0.05) is 40.2 Å². The number of carbonyl (C=O) groups is 1. The first kappa shape index (κ1) is 16.4. The van der Waals surface area contributed by atoms with E-state index < -0.39 is 4.92 Å². The van der Waals surface area contributed by atoms with Crippen LogP contribution in [-0.2, 0) is 11.2 Å². The molecule has 7 heteroatoms. The Bertz CT molecular complexity index is 794. The van der Waals surface area contributed by atoms with E-state index in [4.69, 9.17) is 0 Å². The van der Waals surface area contributed by atoms with Gasteiger partial charge in [0, 0.05) is 10.5 Å². The summed E-state index contributed by atoms with van der Waals surface area (Å²) in [5, 5.41) is 16.8. The van der Waals surface area contributed by atoms with E-state index >= 15 is 0 Å². The lowest BCUT2D eigenvalue weighted by Gasteiger charge is -2.15. The third kappa shape index (κ3) is 3.41. The number of anilines is 1. The SMILES string of the molecule is O=C(CNc1ccccc1[N+](=O)[O-])NC1CCc2c(Br)cccc21. The Morgan fingerprint density at radius 2 is 2.04 bits per heavy atom. The van der Waals surface area contributed by atoms with Crippen LogP contribution in [0.5, 0.6) is 0 Å². The van der Waals surface area contributed by atoms with E-state index in [9.17, 15) is 14.9 Å². The number of hydrogen-bond donors (Lipinski definition) is 2. The summed E-state index contributed by atoms with van der Waals surface area (Å²) in [5.41, 5.74) is 2.66. The van der Waals surface area contributed by atoms with E-state index in [1.54, 1.807) is 18.2 Å². The van der Waals surface area contributed by atoms with Gasteiger partial charge in [-0.25, -0.2) is 0 Å². The van der Waals surface area contributed by atoms with E-state index in [2.05, 4.69) is 26.6 Å². The second-order valence-electron chi connectivity index (χ2n) is 5.59. The molecule has 3 rings (SSSR count). The molecule has 2 aromatic rings. The highest BCUT2D eigenvalue weighted by Crippen LogP contribution is 2.35. The Labute approximate surface area is 147 Å². The Kier molecular flexibility index (Phi) is 4.80. The Morgan fingerprint density at radius 1 is 1.25 bits per heavy atom. The minimum atomic E-state index is -0.467. The molecule has 0 bridgehead atoms. The lowest BCUT2D eigenvalue weighted by atomic mass is 10.1. The average Bonchev–Trinajstić information content (AvgIpc) is 2.97. The molecule has 0 aliphatic heterocycles. The summed E-state index contributed by atoms with van der Waals surface area (Å²) in [6.45, 7) is -0.00924. The van der Waals surface area contributed by atoms with Crippen LogP contribution in [-0.4, -0.2) is 17.4 Å². The van der Waals surface area contributed by atoms with Crippen molar-refractivity contribution in [3.63, 3.8) is 0 Å². The Balaban J connectivity index is 1.62. The second-order valence-corrected chi connectivity index (χ2v) is 6.45. The molecule has 0 aromatic heterocycles. The zero-order chi connectivity index (χ0) is 17.1. The van der Waals surface area contributed by atoms with Crippen molar-refractivity contribution < 1.29 is 9.72 Å². The van der Waals surface area contributed by atoms with E-state index in [1.165, 1.54) is 11.6 Å². The van der Waals surface area contributed by atoms with Crippen molar-refractivity contribution in [2.24, 2.45) is 0 Å². The normalized spacial score (nSPS) is 15.6. The van der Waals surface area contributed by atoms with Crippen LogP contribution in [0.2, 0.25) is 0 Å². The summed E-state index contributed by atoms with van der Waals surface area (Å²) in [6.07, 6.45) is 1.77. The van der Waals surface area contributed by atoms with Crippen molar-refractivity contribution in [2.45, 2.75) is 18.9 Å². The van der Waals surface area contributed by atoms with E-state index in [-0.39, 0.29) is 24.2 Å². The Hall–Kier alpha value is -2.41. The Morgan fingerprint density at radius 3 is 2.83 bits per heavy atom. The highest BCUT2D eigenvalue weighted by molar-refractivity contribution is 9.10. The highest BCUT2D eigenvalue weighted by atomic mass is 79.9.